The zero-order valence-corrected chi connectivity index (χ0v) is 17.8. The molecule has 3 N–H and O–H groups in total. The summed E-state index contributed by atoms with van der Waals surface area (Å²) in [6.07, 6.45) is 4.29. The zero-order chi connectivity index (χ0) is 22.8. The molecule has 5 rings (SSSR count). The number of amides is 1. The molecule has 0 unspecified atom stereocenters. The number of carbonyl (C=O) groups is 1. The van der Waals surface area contributed by atoms with E-state index < -0.39 is 12.0 Å². The Bertz CT molecular complexity index is 1440. The van der Waals surface area contributed by atoms with E-state index in [2.05, 4.69) is 25.4 Å². The quantitative estimate of drug-likeness (QED) is 0.398. The Morgan fingerprint density at radius 3 is 2.85 bits per heavy atom. The maximum Gasteiger partial charge on any atom is 0.258 e. The van der Waals surface area contributed by atoms with E-state index in [4.69, 9.17) is 10.5 Å². The monoisotopic (exact) mass is 439 g/mol. The second-order valence-electron chi connectivity index (χ2n) is 7.56. The third-order valence-corrected chi connectivity index (χ3v) is 5.27. The molecule has 5 aromatic rings. The molecule has 0 aliphatic carbocycles. The van der Waals surface area contributed by atoms with Gasteiger partial charge in [-0.3, -0.25) is 14.5 Å². The standard InChI is InChI=1S/C24H21N7O2/c1-15(23(25)32)33-21-7-4-6-19-22(21)24(28-14-27-19)30-17-8-9-20-16(11-17)12-29-31(20)13-18-5-2-3-10-26-18/h2-12,14-15H,13H2,1H3,(H2,25,32)(H,27,28,30)/t15-/m0/s1. The minimum absolute atomic E-state index is 0.478. The number of nitrogens with two attached hydrogens (primary N) is 1. The van der Waals surface area contributed by atoms with Crippen LogP contribution < -0.4 is 15.8 Å². The summed E-state index contributed by atoms with van der Waals surface area (Å²) >= 11 is 0. The summed E-state index contributed by atoms with van der Waals surface area (Å²) in [5.74, 6) is 0.491. The number of nitrogens with one attached hydrogen (secondary N) is 1. The molecule has 0 aliphatic rings. The number of primary amides is 1. The summed E-state index contributed by atoms with van der Waals surface area (Å²) in [7, 11) is 0. The fraction of sp³-hybridized carbons (Fsp3) is 0.125. The number of hydrogen-bond donors (Lipinski definition) is 2. The van der Waals surface area contributed by atoms with Crippen LogP contribution in [0.2, 0.25) is 0 Å². The summed E-state index contributed by atoms with van der Waals surface area (Å²) < 4.78 is 7.70. The van der Waals surface area contributed by atoms with Crippen molar-refractivity contribution in [3.63, 3.8) is 0 Å². The number of benzene rings is 2. The van der Waals surface area contributed by atoms with Gasteiger partial charge in [-0.05, 0) is 49.4 Å². The fourth-order valence-corrected chi connectivity index (χ4v) is 3.59. The van der Waals surface area contributed by atoms with Crippen molar-refractivity contribution in [2.45, 2.75) is 19.6 Å². The Morgan fingerprint density at radius 1 is 1.12 bits per heavy atom. The van der Waals surface area contributed by atoms with E-state index in [0.717, 1.165) is 22.3 Å². The summed E-state index contributed by atoms with van der Waals surface area (Å²) in [6.45, 7) is 2.20. The van der Waals surface area contributed by atoms with E-state index in [1.54, 1.807) is 19.2 Å². The highest BCUT2D eigenvalue weighted by molar-refractivity contribution is 5.96. The normalized spacial score (nSPS) is 12.0. The van der Waals surface area contributed by atoms with Gasteiger partial charge in [-0.25, -0.2) is 9.97 Å². The van der Waals surface area contributed by atoms with Gasteiger partial charge in [0.2, 0.25) is 0 Å². The molecule has 0 saturated carbocycles. The molecule has 2 aromatic carbocycles. The Labute approximate surface area is 189 Å². The van der Waals surface area contributed by atoms with Gasteiger partial charge in [-0.2, -0.15) is 5.10 Å². The molecule has 9 nitrogen and oxygen atoms in total. The minimum atomic E-state index is -0.787. The number of pyridine rings is 1. The van der Waals surface area contributed by atoms with Crippen LogP contribution in [0.3, 0.4) is 0 Å². The summed E-state index contributed by atoms with van der Waals surface area (Å²) in [4.78, 5) is 24.6. The zero-order valence-electron chi connectivity index (χ0n) is 17.8. The van der Waals surface area contributed by atoms with Gasteiger partial charge in [-0.15, -0.1) is 0 Å². The van der Waals surface area contributed by atoms with Gasteiger partial charge in [0.05, 0.1) is 34.9 Å². The van der Waals surface area contributed by atoms with Crippen LogP contribution in [-0.2, 0) is 11.3 Å². The van der Waals surface area contributed by atoms with E-state index >= 15 is 0 Å². The molecule has 1 atom stereocenters. The lowest BCUT2D eigenvalue weighted by Gasteiger charge is -2.15. The predicted molar refractivity (Wildman–Crippen MR) is 125 cm³/mol. The molecule has 3 heterocycles. The molecular weight excluding hydrogens is 418 g/mol. The number of rotatable bonds is 7. The first kappa shape index (κ1) is 20.4. The predicted octanol–water partition coefficient (Wildman–Crippen LogP) is 3.42. The highest BCUT2D eigenvalue weighted by atomic mass is 16.5. The number of fused-ring (bicyclic) bond motifs is 2. The molecule has 0 saturated heterocycles. The van der Waals surface area contributed by atoms with Crippen molar-refractivity contribution in [1.29, 1.82) is 0 Å². The Morgan fingerprint density at radius 2 is 2.03 bits per heavy atom. The maximum atomic E-state index is 11.5. The van der Waals surface area contributed by atoms with Crippen LogP contribution in [0, 0.1) is 0 Å². The van der Waals surface area contributed by atoms with Gasteiger partial charge in [-0.1, -0.05) is 12.1 Å². The molecule has 0 fully saturated rings. The highest BCUT2D eigenvalue weighted by Crippen LogP contribution is 2.32. The number of nitrogens with zero attached hydrogens (tertiary/aromatic N) is 5. The van der Waals surface area contributed by atoms with E-state index in [0.29, 0.717) is 29.0 Å². The van der Waals surface area contributed by atoms with Crippen LogP contribution in [0.4, 0.5) is 11.5 Å². The van der Waals surface area contributed by atoms with E-state index in [1.165, 1.54) is 6.33 Å². The molecule has 33 heavy (non-hydrogen) atoms. The van der Waals surface area contributed by atoms with Crippen molar-refractivity contribution in [3.8, 4) is 5.75 Å². The molecule has 164 valence electrons. The van der Waals surface area contributed by atoms with Gasteiger partial charge < -0.3 is 15.8 Å². The van der Waals surface area contributed by atoms with Gasteiger partial charge in [0.1, 0.15) is 17.9 Å². The van der Waals surface area contributed by atoms with Crippen molar-refractivity contribution >= 4 is 39.2 Å². The van der Waals surface area contributed by atoms with Crippen molar-refractivity contribution in [2.24, 2.45) is 5.73 Å². The summed E-state index contributed by atoms with van der Waals surface area (Å²) in [5, 5.41) is 9.50. The molecule has 0 bridgehead atoms. The number of ether oxygens (including phenoxy) is 1. The van der Waals surface area contributed by atoms with Crippen molar-refractivity contribution < 1.29 is 9.53 Å². The third-order valence-electron chi connectivity index (χ3n) is 5.27. The summed E-state index contributed by atoms with van der Waals surface area (Å²) in [5.41, 5.74) is 8.83. The first-order chi connectivity index (χ1) is 16.1. The van der Waals surface area contributed by atoms with Gasteiger partial charge in [0, 0.05) is 17.3 Å². The Hall–Kier alpha value is -4.53. The van der Waals surface area contributed by atoms with Crippen LogP contribution in [0.1, 0.15) is 12.6 Å². The Balaban J connectivity index is 1.47. The van der Waals surface area contributed by atoms with Crippen molar-refractivity contribution in [3.05, 3.63) is 79.0 Å². The van der Waals surface area contributed by atoms with Crippen LogP contribution in [-0.4, -0.2) is 36.7 Å². The lowest BCUT2D eigenvalue weighted by atomic mass is 10.2. The molecule has 1 amide bonds. The maximum absolute atomic E-state index is 11.5. The average molecular weight is 439 g/mol. The molecule has 0 aliphatic heterocycles. The summed E-state index contributed by atoms with van der Waals surface area (Å²) in [6, 6.07) is 17.2. The van der Waals surface area contributed by atoms with Crippen LogP contribution >= 0.6 is 0 Å². The van der Waals surface area contributed by atoms with Crippen molar-refractivity contribution in [1.82, 2.24) is 24.7 Å². The van der Waals surface area contributed by atoms with Gasteiger partial charge in [0.25, 0.3) is 5.91 Å². The molecule has 0 radical (unpaired) electrons. The minimum Gasteiger partial charge on any atom is -0.480 e. The Kier molecular flexibility index (Phi) is 5.27. The third kappa shape index (κ3) is 4.16. The molecule has 0 spiro atoms. The smallest absolute Gasteiger partial charge is 0.258 e. The number of anilines is 2. The largest absolute Gasteiger partial charge is 0.480 e. The molecule has 3 aromatic heterocycles. The average Bonchev–Trinajstić information content (AvgIpc) is 3.21. The van der Waals surface area contributed by atoms with Crippen LogP contribution in [0.25, 0.3) is 21.8 Å². The van der Waals surface area contributed by atoms with Gasteiger partial charge >= 0.3 is 0 Å². The first-order valence-corrected chi connectivity index (χ1v) is 10.4. The number of carbonyl (C=O) groups excluding carboxylic acids is 1. The van der Waals surface area contributed by atoms with Crippen molar-refractivity contribution in [2.75, 3.05) is 5.32 Å². The molecule has 9 heteroatoms. The lowest BCUT2D eigenvalue weighted by molar-refractivity contribution is -0.123. The first-order valence-electron chi connectivity index (χ1n) is 10.4. The topological polar surface area (TPSA) is 121 Å². The van der Waals surface area contributed by atoms with E-state index in [9.17, 15) is 4.79 Å². The van der Waals surface area contributed by atoms with Gasteiger partial charge in [0.15, 0.2) is 6.10 Å². The lowest BCUT2D eigenvalue weighted by Crippen LogP contribution is -2.30. The number of hydrogen-bond acceptors (Lipinski definition) is 7. The second kappa shape index (κ2) is 8.54. The van der Waals surface area contributed by atoms with Crippen LogP contribution in [0.5, 0.6) is 5.75 Å². The second-order valence-corrected chi connectivity index (χ2v) is 7.56. The van der Waals surface area contributed by atoms with E-state index in [1.807, 2.05) is 59.4 Å². The SMILES string of the molecule is C[C@H](Oc1cccc2ncnc(Nc3ccc4c(cnn4Cc4ccccn4)c3)c12)C(N)=O. The highest BCUT2D eigenvalue weighted by Gasteiger charge is 2.16. The van der Waals surface area contributed by atoms with E-state index in [-0.39, 0.29) is 0 Å². The molecular formula is C24H21N7O2. The number of aromatic nitrogens is 5. The van der Waals surface area contributed by atoms with Crippen LogP contribution in [0.15, 0.2) is 73.3 Å². The fourth-order valence-electron chi connectivity index (χ4n) is 3.59.